The van der Waals surface area contributed by atoms with Crippen molar-refractivity contribution >= 4 is 22.6 Å². The molecule has 0 saturated heterocycles. The van der Waals surface area contributed by atoms with Gasteiger partial charge in [-0.2, -0.15) is 0 Å². The Morgan fingerprint density at radius 2 is 0.885 bits per heavy atom. The summed E-state index contributed by atoms with van der Waals surface area (Å²) in [6, 6.07) is 28.4. The van der Waals surface area contributed by atoms with Gasteiger partial charge in [0.2, 0.25) is 0 Å². The molecule has 0 unspecified atom stereocenters. The minimum atomic E-state index is 0.687. The zero-order chi connectivity index (χ0) is 17.8. The number of halogens is 1. The first kappa shape index (κ1) is 16.8. The Morgan fingerprint density at radius 3 is 1.27 bits per heavy atom. The average Bonchev–Trinajstić information content (AvgIpc) is 2.75. The van der Waals surface area contributed by atoms with Crippen LogP contribution in [0.25, 0.3) is 34.2 Å². The van der Waals surface area contributed by atoms with Crippen LogP contribution in [0.3, 0.4) is 0 Å². The number of rotatable bonds is 4. The van der Waals surface area contributed by atoms with E-state index in [9.17, 15) is 0 Å². The van der Waals surface area contributed by atoms with Gasteiger partial charge in [-0.3, -0.25) is 0 Å². The van der Waals surface area contributed by atoms with Crippen molar-refractivity contribution in [3.05, 3.63) is 90.5 Å². The number of benzene rings is 3. The van der Waals surface area contributed by atoms with E-state index in [4.69, 9.17) is 15.0 Å². The fraction of sp³-hybridized carbons (Fsp3) is 0.0455. The van der Waals surface area contributed by atoms with Gasteiger partial charge < -0.3 is 0 Å². The molecule has 26 heavy (non-hydrogen) atoms. The highest BCUT2D eigenvalue weighted by atomic mass is 127. The predicted molar refractivity (Wildman–Crippen MR) is 114 cm³/mol. The maximum Gasteiger partial charge on any atom is 0.164 e. The Kier molecular flexibility index (Phi) is 5.02. The van der Waals surface area contributed by atoms with Gasteiger partial charge in [-0.25, -0.2) is 15.0 Å². The molecule has 4 heteroatoms. The lowest BCUT2D eigenvalue weighted by Crippen LogP contribution is -2.00. The zero-order valence-electron chi connectivity index (χ0n) is 14.0. The van der Waals surface area contributed by atoms with Gasteiger partial charge in [-0.15, -0.1) is 0 Å². The third kappa shape index (κ3) is 3.65. The molecule has 0 amide bonds. The van der Waals surface area contributed by atoms with Gasteiger partial charge >= 0.3 is 0 Å². The fourth-order valence-corrected chi connectivity index (χ4v) is 3.19. The number of hydrogen-bond donors (Lipinski definition) is 0. The molecule has 4 aromatic rings. The van der Waals surface area contributed by atoms with Crippen LogP contribution in [0.15, 0.2) is 84.9 Å². The average molecular weight is 449 g/mol. The van der Waals surface area contributed by atoms with Gasteiger partial charge in [0, 0.05) is 21.1 Å². The molecule has 4 rings (SSSR count). The van der Waals surface area contributed by atoms with Gasteiger partial charge in [0.05, 0.1) is 0 Å². The van der Waals surface area contributed by atoms with Crippen LogP contribution in [0, 0.1) is 0 Å². The lowest BCUT2D eigenvalue weighted by Gasteiger charge is -2.08. The zero-order valence-corrected chi connectivity index (χ0v) is 16.2. The van der Waals surface area contributed by atoms with E-state index in [-0.39, 0.29) is 0 Å². The Bertz CT molecular complexity index is 943. The third-order valence-electron chi connectivity index (χ3n) is 4.07. The second-order valence-corrected chi connectivity index (χ2v) is 6.63. The van der Waals surface area contributed by atoms with E-state index in [1.54, 1.807) is 0 Å². The number of aromatic nitrogens is 3. The van der Waals surface area contributed by atoms with Crippen LogP contribution in [0.1, 0.15) is 5.56 Å². The van der Waals surface area contributed by atoms with Crippen molar-refractivity contribution in [3.8, 4) is 34.2 Å². The highest BCUT2D eigenvalue weighted by Crippen LogP contribution is 2.24. The summed E-state index contributed by atoms with van der Waals surface area (Å²) in [6.07, 6.45) is 0. The Hall–Kier alpha value is -2.60. The number of hydrogen-bond acceptors (Lipinski definition) is 3. The second-order valence-electron chi connectivity index (χ2n) is 5.87. The summed E-state index contributed by atoms with van der Waals surface area (Å²) < 4.78 is 0.986. The summed E-state index contributed by atoms with van der Waals surface area (Å²) in [4.78, 5) is 14.2. The number of nitrogens with zero attached hydrogens (tertiary/aromatic N) is 3. The van der Waals surface area contributed by atoms with Gasteiger partial charge in [0.25, 0.3) is 0 Å². The van der Waals surface area contributed by atoms with Crippen molar-refractivity contribution in [2.24, 2.45) is 0 Å². The molecular formula is C22H16IN3. The van der Waals surface area contributed by atoms with Crippen LogP contribution in [-0.2, 0) is 4.43 Å². The molecule has 126 valence electrons. The lowest BCUT2D eigenvalue weighted by molar-refractivity contribution is 1.07. The van der Waals surface area contributed by atoms with Crippen molar-refractivity contribution in [2.45, 2.75) is 4.43 Å². The van der Waals surface area contributed by atoms with Gasteiger partial charge in [0.1, 0.15) is 0 Å². The maximum absolute atomic E-state index is 4.73. The van der Waals surface area contributed by atoms with Gasteiger partial charge in [-0.1, -0.05) is 108 Å². The fourth-order valence-electron chi connectivity index (χ4n) is 2.68. The molecule has 1 aromatic heterocycles. The molecule has 0 N–H and O–H groups in total. The van der Waals surface area contributed by atoms with Crippen molar-refractivity contribution in [1.29, 1.82) is 0 Å². The first-order chi connectivity index (χ1) is 12.8. The van der Waals surface area contributed by atoms with Crippen molar-refractivity contribution in [2.75, 3.05) is 0 Å². The Labute approximate surface area is 166 Å². The summed E-state index contributed by atoms with van der Waals surface area (Å²) in [6.45, 7) is 0. The van der Waals surface area contributed by atoms with Gasteiger partial charge in [0.15, 0.2) is 17.5 Å². The SMILES string of the molecule is ICc1ccc(-c2nc(-c3ccccc3)nc(-c3ccccc3)n2)cc1. The molecule has 3 nitrogen and oxygen atoms in total. The maximum atomic E-state index is 4.73. The molecule has 0 radical (unpaired) electrons. The standard InChI is InChI=1S/C22H16IN3/c23-15-16-11-13-19(14-12-16)22-25-20(17-7-3-1-4-8-17)24-21(26-22)18-9-5-2-6-10-18/h1-14H,15H2. The van der Waals surface area contributed by atoms with E-state index in [1.807, 2.05) is 60.7 Å². The van der Waals surface area contributed by atoms with E-state index >= 15 is 0 Å². The molecule has 3 aromatic carbocycles. The van der Waals surface area contributed by atoms with Crippen LogP contribution in [0.4, 0.5) is 0 Å². The summed E-state index contributed by atoms with van der Waals surface area (Å²) >= 11 is 2.36. The molecule has 0 aliphatic heterocycles. The summed E-state index contributed by atoms with van der Waals surface area (Å²) in [5.74, 6) is 2.07. The van der Waals surface area contributed by atoms with Crippen LogP contribution in [0.5, 0.6) is 0 Å². The quantitative estimate of drug-likeness (QED) is 0.292. The normalized spacial score (nSPS) is 10.7. The van der Waals surface area contributed by atoms with Crippen molar-refractivity contribution < 1.29 is 0 Å². The smallest absolute Gasteiger partial charge is 0.164 e. The van der Waals surface area contributed by atoms with E-state index in [2.05, 4.69) is 46.9 Å². The van der Waals surface area contributed by atoms with Crippen LogP contribution in [-0.4, -0.2) is 15.0 Å². The highest BCUT2D eigenvalue weighted by molar-refractivity contribution is 14.1. The molecule has 0 saturated carbocycles. The van der Waals surface area contributed by atoms with E-state index in [0.29, 0.717) is 17.5 Å². The van der Waals surface area contributed by atoms with Crippen LogP contribution < -0.4 is 0 Å². The predicted octanol–water partition coefficient (Wildman–Crippen LogP) is 5.81. The second kappa shape index (κ2) is 7.74. The largest absolute Gasteiger partial charge is 0.208 e. The van der Waals surface area contributed by atoms with E-state index in [1.165, 1.54) is 5.56 Å². The molecule has 0 fully saturated rings. The summed E-state index contributed by atoms with van der Waals surface area (Å²) in [7, 11) is 0. The highest BCUT2D eigenvalue weighted by Gasteiger charge is 2.11. The minimum absolute atomic E-state index is 0.687. The topological polar surface area (TPSA) is 38.7 Å². The van der Waals surface area contributed by atoms with Crippen molar-refractivity contribution in [1.82, 2.24) is 15.0 Å². The van der Waals surface area contributed by atoms with E-state index in [0.717, 1.165) is 21.1 Å². The van der Waals surface area contributed by atoms with Crippen molar-refractivity contribution in [3.63, 3.8) is 0 Å². The minimum Gasteiger partial charge on any atom is -0.208 e. The first-order valence-electron chi connectivity index (χ1n) is 8.36. The Morgan fingerprint density at radius 1 is 0.500 bits per heavy atom. The Balaban J connectivity index is 1.87. The van der Waals surface area contributed by atoms with E-state index < -0.39 is 0 Å². The first-order valence-corrected chi connectivity index (χ1v) is 9.88. The molecule has 0 spiro atoms. The summed E-state index contributed by atoms with van der Waals surface area (Å²) in [5.41, 5.74) is 4.25. The summed E-state index contributed by atoms with van der Waals surface area (Å²) in [5, 5.41) is 0. The van der Waals surface area contributed by atoms with Gasteiger partial charge in [-0.05, 0) is 5.56 Å². The molecule has 0 atom stereocenters. The van der Waals surface area contributed by atoms with Crippen LogP contribution in [0.2, 0.25) is 0 Å². The third-order valence-corrected chi connectivity index (χ3v) is 4.95. The number of alkyl halides is 1. The monoisotopic (exact) mass is 449 g/mol. The molecule has 0 aliphatic carbocycles. The van der Waals surface area contributed by atoms with Crippen LogP contribution >= 0.6 is 22.6 Å². The molecule has 1 heterocycles. The lowest BCUT2D eigenvalue weighted by atomic mass is 10.1. The molecule has 0 aliphatic rings. The molecular weight excluding hydrogens is 433 g/mol. The molecule has 0 bridgehead atoms.